The Morgan fingerprint density at radius 2 is 1.88 bits per heavy atom. The van der Waals surface area contributed by atoms with Crippen molar-refractivity contribution in [2.45, 2.75) is 44.9 Å². The quantitative estimate of drug-likeness (QED) is 0.563. The number of halogens is 3. The number of nitrogens with zero attached hydrogens (tertiary/aromatic N) is 2. The number of allylic oxidation sites excluding steroid dienone is 2. The van der Waals surface area contributed by atoms with Crippen LogP contribution in [0.4, 0.5) is 13.2 Å². The van der Waals surface area contributed by atoms with Crippen molar-refractivity contribution in [1.29, 1.82) is 5.41 Å². The number of hydrogen-bond acceptors (Lipinski definition) is 4. The second-order valence-electron chi connectivity index (χ2n) is 8.61. The van der Waals surface area contributed by atoms with Crippen molar-refractivity contribution in [3.05, 3.63) is 94.8 Å². The molecule has 1 saturated carbocycles. The van der Waals surface area contributed by atoms with E-state index in [1.165, 1.54) is 12.1 Å². The van der Waals surface area contributed by atoms with Gasteiger partial charge in [0.1, 0.15) is 0 Å². The van der Waals surface area contributed by atoms with Gasteiger partial charge in [0.25, 0.3) is 0 Å². The molecule has 1 aliphatic carbocycles. The van der Waals surface area contributed by atoms with Crippen molar-refractivity contribution in [3.63, 3.8) is 0 Å². The number of nitrogens with one attached hydrogen (secondary N) is 2. The molecule has 0 saturated heterocycles. The maximum Gasteiger partial charge on any atom is 0.416 e. The van der Waals surface area contributed by atoms with Crippen molar-refractivity contribution < 1.29 is 13.2 Å². The zero-order valence-electron chi connectivity index (χ0n) is 18.5. The summed E-state index contributed by atoms with van der Waals surface area (Å²) >= 11 is 0. The third-order valence-electron chi connectivity index (χ3n) is 6.09. The van der Waals surface area contributed by atoms with E-state index in [0.29, 0.717) is 28.6 Å². The van der Waals surface area contributed by atoms with Crippen LogP contribution in [0.5, 0.6) is 0 Å². The standard InChI is InChI=1S/C25H27F3N4/c1-14-11-21(13-31(5)16(14)3)32-17(4)23(30-20-9-10-20)22(15(2)29)24(32)18-7-6-8-19(12-18)25(26,27)28/h6-8,11-13,20,24,29-30H,3-4,9-10H2,1-2,5H3. The summed E-state index contributed by atoms with van der Waals surface area (Å²) in [6, 6.07) is 5.06. The maximum atomic E-state index is 13.5. The molecule has 2 heterocycles. The van der Waals surface area contributed by atoms with Gasteiger partial charge in [-0.1, -0.05) is 25.3 Å². The number of benzene rings is 1. The minimum absolute atomic E-state index is 0.300. The molecule has 0 radical (unpaired) electrons. The summed E-state index contributed by atoms with van der Waals surface area (Å²) in [6.07, 6.45) is 1.47. The molecule has 0 amide bonds. The molecule has 2 aliphatic heterocycles. The summed E-state index contributed by atoms with van der Waals surface area (Å²) < 4.78 is 40.5. The zero-order valence-corrected chi connectivity index (χ0v) is 18.5. The van der Waals surface area contributed by atoms with Gasteiger partial charge in [0, 0.05) is 36.3 Å². The third-order valence-corrected chi connectivity index (χ3v) is 6.09. The van der Waals surface area contributed by atoms with Gasteiger partial charge in [-0.2, -0.15) is 13.2 Å². The van der Waals surface area contributed by atoms with Crippen molar-refractivity contribution in [1.82, 2.24) is 15.1 Å². The number of likely N-dealkylation sites (N-methyl/N-ethyl adjacent to an activating group) is 1. The van der Waals surface area contributed by atoms with E-state index in [2.05, 4.69) is 18.5 Å². The van der Waals surface area contributed by atoms with E-state index in [1.807, 2.05) is 36.0 Å². The van der Waals surface area contributed by atoms with Crippen LogP contribution < -0.4 is 5.32 Å². The van der Waals surface area contributed by atoms with Gasteiger partial charge in [0.2, 0.25) is 0 Å². The van der Waals surface area contributed by atoms with Gasteiger partial charge in [-0.15, -0.1) is 0 Å². The van der Waals surface area contributed by atoms with Crippen LogP contribution in [0.1, 0.15) is 43.9 Å². The second kappa shape index (κ2) is 7.73. The van der Waals surface area contributed by atoms with Gasteiger partial charge in [0.15, 0.2) is 0 Å². The highest BCUT2D eigenvalue weighted by molar-refractivity contribution is 5.99. The summed E-state index contributed by atoms with van der Waals surface area (Å²) in [7, 11) is 1.89. The van der Waals surface area contributed by atoms with Crippen LogP contribution in [0.15, 0.2) is 83.6 Å². The largest absolute Gasteiger partial charge is 0.416 e. The Bertz CT molecular complexity index is 1100. The highest BCUT2D eigenvalue weighted by atomic mass is 19.4. The van der Waals surface area contributed by atoms with Gasteiger partial charge in [-0.25, -0.2) is 0 Å². The van der Waals surface area contributed by atoms with Crippen LogP contribution >= 0.6 is 0 Å². The first kappa shape index (κ1) is 22.0. The molecule has 3 aliphatic rings. The lowest BCUT2D eigenvalue weighted by Gasteiger charge is -2.35. The Morgan fingerprint density at radius 1 is 1.19 bits per heavy atom. The van der Waals surface area contributed by atoms with E-state index in [-0.39, 0.29) is 0 Å². The average Bonchev–Trinajstić information content (AvgIpc) is 3.48. The zero-order chi connectivity index (χ0) is 23.4. The molecule has 7 heteroatoms. The van der Waals surface area contributed by atoms with Crippen LogP contribution in [0.2, 0.25) is 0 Å². The predicted molar refractivity (Wildman–Crippen MR) is 120 cm³/mol. The lowest BCUT2D eigenvalue weighted by atomic mass is 9.94. The van der Waals surface area contributed by atoms with Crippen molar-refractivity contribution >= 4 is 5.71 Å². The van der Waals surface area contributed by atoms with Gasteiger partial charge in [-0.05, 0) is 56.0 Å². The van der Waals surface area contributed by atoms with E-state index < -0.39 is 17.8 Å². The predicted octanol–water partition coefficient (Wildman–Crippen LogP) is 5.87. The second-order valence-corrected chi connectivity index (χ2v) is 8.61. The van der Waals surface area contributed by atoms with Gasteiger partial charge in [0.05, 0.1) is 28.7 Å². The Kier molecular flexibility index (Phi) is 5.31. The summed E-state index contributed by atoms with van der Waals surface area (Å²) in [6.45, 7) is 12.0. The molecule has 1 aromatic rings. The molecule has 0 spiro atoms. The normalized spacial score (nSPS) is 21.8. The van der Waals surface area contributed by atoms with Crippen molar-refractivity contribution in [2.24, 2.45) is 0 Å². The Labute approximate surface area is 186 Å². The maximum absolute atomic E-state index is 13.5. The first-order chi connectivity index (χ1) is 15.0. The topological polar surface area (TPSA) is 42.4 Å². The summed E-state index contributed by atoms with van der Waals surface area (Å²) in [5, 5.41) is 12.0. The fourth-order valence-electron chi connectivity index (χ4n) is 4.22. The lowest BCUT2D eigenvalue weighted by Crippen LogP contribution is -2.28. The first-order valence-electron chi connectivity index (χ1n) is 10.5. The van der Waals surface area contributed by atoms with Crippen LogP contribution in [0.3, 0.4) is 0 Å². The molecular weight excluding hydrogens is 413 g/mol. The summed E-state index contributed by atoms with van der Waals surface area (Å²) in [5.74, 6) is 0. The molecule has 4 nitrogen and oxygen atoms in total. The molecular formula is C25H27F3N4. The fraction of sp³-hybridized carbons (Fsp3) is 0.320. The van der Waals surface area contributed by atoms with Gasteiger partial charge in [-0.3, -0.25) is 0 Å². The molecule has 0 aromatic heterocycles. The van der Waals surface area contributed by atoms with Crippen LogP contribution in [-0.2, 0) is 6.18 Å². The molecule has 168 valence electrons. The number of alkyl halides is 3. The first-order valence-corrected chi connectivity index (χ1v) is 10.5. The molecule has 4 rings (SSSR count). The van der Waals surface area contributed by atoms with Crippen LogP contribution in [-0.4, -0.2) is 28.6 Å². The molecule has 32 heavy (non-hydrogen) atoms. The Balaban J connectivity index is 1.89. The van der Waals surface area contributed by atoms with Gasteiger partial charge < -0.3 is 20.5 Å². The smallest absolute Gasteiger partial charge is 0.380 e. The van der Waals surface area contributed by atoms with E-state index in [1.54, 1.807) is 13.0 Å². The van der Waals surface area contributed by atoms with Crippen LogP contribution in [0, 0.1) is 5.41 Å². The number of hydrogen-bond donors (Lipinski definition) is 2. The molecule has 1 fully saturated rings. The monoisotopic (exact) mass is 440 g/mol. The highest BCUT2D eigenvalue weighted by Gasteiger charge is 2.42. The molecule has 2 N–H and O–H groups in total. The fourth-order valence-corrected chi connectivity index (χ4v) is 4.22. The average molecular weight is 441 g/mol. The molecule has 0 bridgehead atoms. The number of rotatable bonds is 5. The van der Waals surface area contributed by atoms with E-state index >= 15 is 0 Å². The van der Waals surface area contributed by atoms with Crippen LogP contribution in [0.25, 0.3) is 0 Å². The minimum Gasteiger partial charge on any atom is -0.380 e. The van der Waals surface area contributed by atoms with Crippen molar-refractivity contribution in [3.8, 4) is 0 Å². The Morgan fingerprint density at radius 3 is 2.44 bits per heavy atom. The summed E-state index contributed by atoms with van der Waals surface area (Å²) in [4.78, 5) is 3.82. The minimum atomic E-state index is -4.45. The van der Waals surface area contributed by atoms with E-state index in [4.69, 9.17) is 5.41 Å². The van der Waals surface area contributed by atoms with E-state index in [0.717, 1.165) is 41.6 Å². The van der Waals surface area contributed by atoms with Crippen molar-refractivity contribution in [2.75, 3.05) is 7.05 Å². The molecule has 1 atom stereocenters. The summed E-state index contributed by atoms with van der Waals surface area (Å²) in [5.41, 5.74) is 4.69. The Hall–Kier alpha value is -3.22. The molecule has 1 unspecified atom stereocenters. The third kappa shape index (κ3) is 3.87. The SMILES string of the molecule is C=C1C(C)=CC(N2C(=C)C(NC3CC3)=C(C(C)=N)C2c2cccc(C(F)(F)F)c2)=CN1C. The highest BCUT2D eigenvalue weighted by Crippen LogP contribution is 2.47. The van der Waals surface area contributed by atoms with E-state index in [9.17, 15) is 13.2 Å². The van der Waals surface area contributed by atoms with Gasteiger partial charge >= 0.3 is 6.18 Å². The lowest BCUT2D eigenvalue weighted by molar-refractivity contribution is -0.137. The molecule has 1 aromatic carbocycles.